The van der Waals surface area contributed by atoms with Gasteiger partial charge in [-0.2, -0.15) is 0 Å². The minimum atomic E-state index is -0.564. The quantitative estimate of drug-likeness (QED) is 0.824. The van der Waals surface area contributed by atoms with Crippen LogP contribution in [0.15, 0.2) is 36.4 Å². The molecule has 0 aromatic heterocycles. The Morgan fingerprint density at radius 2 is 1.74 bits per heavy atom. The maximum Gasteiger partial charge on any atom is 0.124 e. The van der Waals surface area contributed by atoms with Crippen LogP contribution >= 0.6 is 0 Å². The van der Waals surface area contributed by atoms with Gasteiger partial charge in [-0.3, -0.25) is 0 Å². The normalized spacial score (nSPS) is 12.0. The number of aliphatic hydroxyl groups excluding tert-OH is 1. The van der Waals surface area contributed by atoms with E-state index in [4.69, 9.17) is 9.47 Å². The van der Waals surface area contributed by atoms with Gasteiger partial charge in [0.2, 0.25) is 0 Å². The van der Waals surface area contributed by atoms with Crippen molar-refractivity contribution >= 4 is 0 Å². The van der Waals surface area contributed by atoms with Gasteiger partial charge >= 0.3 is 0 Å². The molecule has 1 unspecified atom stereocenters. The Bertz CT molecular complexity index is 632. The first-order chi connectivity index (χ1) is 11.0. The zero-order valence-electron chi connectivity index (χ0n) is 14.2. The fraction of sp³-hybridized carbons (Fsp3) is 0.368. The molecule has 23 heavy (non-hydrogen) atoms. The first-order valence-corrected chi connectivity index (χ1v) is 7.72. The maximum atomic E-state index is 10.3. The maximum absolute atomic E-state index is 10.3. The lowest BCUT2D eigenvalue weighted by Crippen LogP contribution is -2.21. The lowest BCUT2D eigenvalue weighted by atomic mass is 10.1. The van der Waals surface area contributed by atoms with Crippen LogP contribution in [-0.2, 0) is 6.54 Å². The Hall–Kier alpha value is -2.04. The summed E-state index contributed by atoms with van der Waals surface area (Å²) in [5.74, 6) is 1.69. The Balaban J connectivity index is 1.94. The van der Waals surface area contributed by atoms with Gasteiger partial charge in [0.15, 0.2) is 0 Å². The summed E-state index contributed by atoms with van der Waals surface area (Å²) >= 11 is 0. The Morgan fingerprint density at radius 3 is 2.35 bits per heavy atom. The van der Waals surface area contributed by atoms with Gasteiger partial charge in [0, 0.05) is 13.1 Å². The van der Waals surface area contributed by atoms with Crippen LogP contribution in [0.5, 0.6) is 11.5 Å². The average Bonchev–Trinajstić information content (AvgIpc) is 2.54. The van der Waals surface area contributed by atoms with Crippen molar-refractivity contribution in [2.75, 3.05) is 20.8 Å². The Morgan fingerprint density at radius 1 is 1.04 bits per heavy atom. The Kier molecular flexibility index (Phi) is 6.02. The highest BCUT2D eigenvalue weighted by Gasteiger charge is 2.09. The van der Waals surface area contributed by atoms with E-state index < -0.39 is 6.10 Å². The minimum Gasteiger partial charge on any atom is -0.497 e. The first kappa shape index (κ1) is 17.3. The van der Waals surface area contributed by atoms with Crippen molar-refractivity contribution in [2.45, 2.75) is 26.5 Å². The second kappa shape index (κ2) is 7.99. The van der Waals surface area contributed by atoms with E-state index in [-0.39, 0.29) is 0 Å². The molecule has 4 heteroatoms. The number of aryl methyl sites for hydroxylation is 2. The molecule has 2 aromatic rings. The highest BCUT2D eigenvalue weighted by Crippen LogP contribution is 2.24. The molecule has 0 saturated carbocycles. The van der Waals surface area contributed by atoms with E-state index in [0.717, 1.165) is 28.2 Å². The summed E-state index contributed by atoms with van der Waals surface area (Å²) in [4.78, 5) is 0. The summed E-state index contributed by atoms with van der Waals surface area (Å²) in [6.45, 7) is 5.27. The SMILES string of the molecule is COc1cccc(C(O)CNCc2cc(C)c(OC)c(C)c2)c1. The van der Waals surface area contributed by atoms with Crippen LogP contribution in [0.25, 0.3) is 0 Å². The number of aliphatic hydroxyl groups is 1. The van der Waals surface area contributed by atoms with E-state index in [0.29, 0.717) is 13.1 Å². The van der Waals surface area contributed by atoms with E-state index in [1.807, 2.05) is 38.1 Å². The molecule has 0 amide bonds. The molecule has 0 aliphatic rings. The molecular weight excluding hydrogens is 290 g/mol. The number of hydrogen-bond donors (Lipinski definition) is 2. The molecule has 0 aliphatic carbocycles. The van der Waals surface area contributed by atoms with Gasteiger partial charge in [0.05, 0.1) is 20.3 Å². The Labute approximate surface area is 138 Å². The second-order valence-electron chi connectivity index (χ2n) is 5.69. The molecule has 0 radical (unpaired) electrons. The molecule has 2 rings (SSSR count). The van der Waals surface area contributed by atoms with Crippen molar-refractivity contribution in [1.29, 1.82) is 0 Å². The lowest BCUT2D eigenvalue weighted by molar-refractivity contribution is 0.174. The monoisotopic (exact) mass is 315 g/mol. The third kappa shape index (κ3) is 4.47. The molecule has 124 valence electrons. The predicted molar refractivity (Wildman–Crippen MR) is 92.1 cm³/mol. The molecule has 2 N–H and O–H groups in total. The van der Waals surface area contributed by atoms with E-state index in [2.05, 4.69) is 17.4 Å². The molecule has 1 atom stereocenters. The minimum absolute atomic E-state index is 0.483. The number of nitrogens with one attached hydrogen (secondary N) is 1. The fourth-order valence-electron chi connectivity index (χ4n) is 2.78. The molecule has 4 nitrogen and oxygen atoms in total. The number of benzene rings is 2. The molecule has 0 heterocycles. The summed E-state index contributed by atoms with van der Waals surface area (Å²) in [6, 6.07) is 11.7. The first-order valence-electron chi connectivity index (χ1n) is 7.72. The van der Waals surface area contributed by atoms with Gasteiger partial charge in [-0.05, 0) is 48.2 Å². The van der Waals surface area contributed by atoms with Crippen molar-refractivity contribution in [3.05, 3.63) is 58.7 Å². The summed E-state index contributed by atoms with van der Waals surface area (Å²) in [5.41, 5.74) is 4.27. The number of rotatable bonds is 7. The zero-order chi connectivity index (χ0) is 16.8. The van der Waals surface area contributed by atoms with Gasteiger partial charge in [-0.1, -0.05) is 24.3 Å². The number of hydrogen-bond acceptors (Lipinski definition) is 4. The van der Waals surface area contributed by atoms with Crippen molar-refractivity contribution in [3.8, 4) is 11.5 Å². The summed E-state index contributed by atoms with van der Waals surface area (Å²) in [6.07, 6.45) is -0.564. The topological polar surface area (TPSA) is 50.7 Å². The van der Waals surface area contributed by atoms with E-state index in [1.165, 1.54) is 5.56 Å². The van der Waals surface area contributed by atoms with Crippen LogP contribution < -0.4 is 14.8 Å². The molecule has 0 saturated heterocycles. The summed E-state index contributed by atoms with van der Waals surface area (Å²) in [7, 11) is 3.32. The van der Waals surface area contributed by atoms with Crippen molar-refractivity contribution in [2.24, 2.45) is 0 Å². The van der Waals surface area contributed by atoms with Crippen LogP contribution in [-0.4, -0.2) is 25.9 Å². The molecule has 0 aliphatic heterocycles. The average molecular weight is 315 g/mol. The number of ether oxygens (including phenoxy) is 2. The molecule has 0 spiro atoms. The van der Waals surface area contributed by atoms with Crippen molar-refractivity contribution in [1.82, 2.24) is 5.32 Å². The molecule has 0 bridgehead atoms. The second-order valence-corrected chi connectivity index (χ2v) is 5.69. The largest absolute Gasteiger partial charge is 0.497 e. The summed E-state index contributed by atoms with van der Waals surface area (Å²) < 4.78 is 10.6. The standard InChI is InChI=1S/C19H25NO3/c1-13-8-15(9-14(2)19(13)23-4)11-20-12-18(21)16-6-5-7-17(10-16)22-3/h5-10,18,20-21H,11-12H2,1-4H3. The van der Waals surface area contributed by atoms with Crippen LogP contribution in [0.1, 0.15) is 28.4 Å². The number of methoxy groups -OCH3 is 2. The van der Waals surface area contributed by atoms with Crippen LogP contribution in [0, 0.1) is 13.8 Å². The third-order valence-corrected chi connectivity index (χ3v) is 3.87. The fourth-order valence-corrected chi connectivity index (χ4v) is 2.78. The van der Waals surface area contributed by atoms with Gasteiger partial charge in [-0.25, -0.2) is 0 Å². The van der Waals surface area contributed by atoms with Gasteiger partial charge in [0.25, 0.3) is 0 Å². The predicted octanol–water partition coefficient (Wildman–Crippen LogP) is 3.14. The molecular formula is C19H25NO3. The van der Waals surface area contributed by atoms with Crippen LogP contribution in [0.2, 0.25) is 0 Å². The highest BCUT2D eigenvalue weighted by atomic mass is 16.5. The van der Waals surface area contributed by atoms with E-state index in [9.17, 15) is 5.11 Å². The van der Waals surface area contributed by atoms with E-state index >= 15 is 0 Å². The van der Waals surface area contributed by atoms with Crippen molar-refractivity contribution < 1.29 is 14.6 Å². The lowest BCUT2D eigenvalue weighted by Gasteiger charge is -2.15. The zero-order valence-corrected chi connectivity index (χ0v) is 14.2. The van der Waals surface area contributed by atoms with E-state index in [1.54, 1.807) is 14.2 Å². The van der Waals surface area contributed by atoms with Gasteiger partial charge in [0.1, 0.15) is 11.5 Å². The molecule has 2 aromatic carbocycles. The van der Waals surface area contributed by atoms with Crippen molar-refractivity contribution in [3.63, 3.8) is 0 Å². The third-order valence-electron chi connectivity index (χ3n) is 3.87. The summed E-state index contributed by atoms with van der Waals surface area (Å²) in [5, 5.41) is 13.6. The van der Waals surface area contributed by atoms with Gasteiger partial charge < -0.3 is 19.9 Å². The molecule has 0 fully saturated rings. The van der Waals surface area contributed by atoms with Crippen LogP contribution in [0.3, 0.4) is 0 Å². The smallest absolute Gasteiger partial charge is 0.124 e. The van der Waals surface area contributed by atoms with Crippen LogP contribution in [0.4, 0.5) is 0 Å². The highest BCUT2D eigenvalue weighted by molar-refractivity contribution is 5.43. The van der Waals surface area contributed by atoms with Gasteiger partial charge in [-0.15, -0.1) is 0 Å².